The van der Waals surface area contributed by atoms with Crippen LogP contribution >= 0.6 is 0 Å². The average Bonchev–Trinajstić information content (AvgIpc) is 2.61. The third kappa shape index (κ3) is 3.07. The van der Waals surface area contributed by atoms with E-state index in [-0.39, 0.29) is 5.63 Å². The molecule has 0 saturated heterocycles. The van der Waals surface area contributed by atoms with Crippen LogP contribution in [0.1, 0.15) is 43.4 Å². The highest BCUT2D eigenvalue weighted by atomic mass is 16.5. The quantitative estimate of drug-likeness (QED) is 0.594. The molecule has 2 aromatic carbocycles. The molecule has 3 rings (SSSR count). The molecule has 1 heterocycles. The van der Waals surface area contributed by atoms with E-state index in [1.54, 1.807) is 7.11 Å². The van der Waals surface area contributed by atoms with Crippen LogP contribution in [-0.4, -0.2) is 7.11 Å². The minimum Gasteiger partial charge on any atom is -0.496 e. The molecule has 0 aliphatic heterocycles. The molecule has 1 aromatic heterocycles. The molecule has 0 saturated carbocycles. The Morgan fingerprint density at radius 3 is 2.32 bits per heavy atom. The zero-order valence-corrected chi connectivity index (χ0v) is 15.5. The summed E-state index contributed by atoms with van der Waals surface area (Å²) in [6.07, 6.45) is 0.645. The van der Waals surface area contributed by atoms with Gasteiger partial charge in [0.2, 0.25) is 0 Å². The van der Waals surface area contributed by atoms with E-state index < -0.39 is 0 Å². The molecule has 0 aliphatic carbocycles. The smallest absolute Gasteiger partial charge is 0.339 e. The van der Waals surface area contributed by atoms with Crippen molar-refractivity contribution in [3.63, 3.8) is 0 Å². The van der Waals surface area contributed by atoms with Gasteiger partial charge in [-0.05, 0) is 53.6 Å². The standard InChI is InChI=1S/C22H24O3/c1-6-18-14(4)21-19(24-5)11-17(12-20(21)25-22(18)23)16-9-7-15(8-10-16)13(2)3/h7-13H,6H2,1-5H3. The first kappa shape index (κ1) is 17.3. The van der Waals surface area contributed by atoms with Crippen LogP contribution in [0.2, 0.25) is 0 Å². The SMILES string of the molecule is CCc1c(C)c2c(OC)cc(-c3ccc(C(C)C)cc3)cc2oc1=O. The van der Waals surface area contributed by atoms with Gasteiger partial charge in [0.1, 0.15) is 11.3 Å². The topological polar surface area (TPSA) is 39.4 Å². The van der Waals surface area contributed by atoms with Crippen molar-refractivity contribution in [2.45, 2.75) is 40.0 Å². The van der Waals surface area contributed by atoms with Crippen molar-refractivity contribution in [2.75, 3.05) is 7.11 Å². The van der Waals surface area contributed by atoms with E-state index >= 15 is 0 Å². The summed E-state index contributed by atoms with van der Waals surface area (Å²) in [5, 5.41) is 0.876. The van der Waals surface area contributed by atoms with Gasteiger partial charge in [0.05, 0.1) is 12.5 Å². The summed E-state index contributed by atoms with van der Waals surface area (Å²) in [6, 6.07) is 12.4. The summed E-state index contributed by atoms with van der Waals surface area (Å²) < 4.78 is 11.2. The van der Waals surface area contributed by atoms with E-state index in [1.165, 1.54) is 5.56 Å². The molecule has 130 valence electrons. The summed E-state index contributed by atoms with van der Waals surface area (Å²) >= 11 is 0. The van der Waals surface area contributed by atoms with E-state index in [0.29, 0.717) is 23.5 Å². The van der Waals surface area contributed by atoms with Crippen LogP contribution in [0.25, 0.3) is 22.1 Å². The molecule has 0 spiro atoms. The lowest BCUT2D eigenvalue weighted by Gasteiger charge is -2.13. The van der Waals surface area contributed by atoms with Crippen molar-refractivity contribution < 1.29 is 9.15 Å². The van der Waals surface area contributed by atoms with Gasteiger partial charge in [0.15, 0.2) is 0 Å². The molecule has 3 aromatic rings. The van der Waals surface area contributed by atoms with Crippen LogP contribution in [0.5, 0.6) is 5.75 Å². The summed E-state index contributed by atoms with van der Waals surface area (Å²) in [4.78, 5) is 12.2. The molecule has 3 nitrogen and oxygen atoms in total. The lowest BCUT2D eigenvalue weighted by atomic mass is 9.96. The predicted octanol–water partition coefficient (Wildman–Crippen LogP) is 5.46. The molecule has 0 unspecified atom stereocenters. The number of hydrogen-bond acceptors (Lipinski definition) is 3. The second-order valence-electron chi connectivity index (χ2n) is 6.67. The maximum absolute atomic E-state index is 12.2. The first-order chi connectivity index (χ1) is 12.0. The lowest BCUT2D eigenvalue weighted by molar-refractivity contribution is 0.418. The predicted molar refractivity (Wildman–Crippen MR) is 103 cm³/mol. The van der Waals surface area contributed by atoms with Crippen LogP contribution in [-0.2, 0) is 6.42 Å². The van der Waals surface area contributed by atoms with E-state index in [1.807, 2.05) is 26.0 Å². The fourth-order valence-corrected chi connectivity index (χ4v) is 3.30. The van der Waals surface area contributed by atoms with Crippen molar-refractivity contribution in [1.82, 2.24) is 0 Å². The largest absolute Gasteiger partial charge is 0.496 e. The van der Waals surface area contributed by atoms with E-state index in [4.69, 9.17) is 9.15 Å². The van der Waals surface area contributed by atoms with Crippen LogP contribution < -0.4 is 10.4 Å². The second kappa shape index (κ2) is 6.75. The number of methoxy groups -OCH3 is 1. The van der Waals surface area contributed by atoms with Gasteiger partial charge in [0.25, 0.3) is 0 Å². The minimum absolute atomic E-state index is 0.262. The highest BCUT2D eigenvalue weighted by Crippen LogP contribution is 2.35. The van der Waals surface area contributed by atoms with Crippen LogP contribution in [0, 0.1) is 6.92 Å². The van der Waals surface area contributed by atoms with Crippen LogP contribution in [0.3, 0.4) is 0 Å². The zero-order chi connectivity index (χ0) is 18.1. The molecule has 0 atom stereocenters. The van der Waals surface area contributed by atoms with Gasteiger partial charge in [-0.1, -0.05) is 45.0 Å². The van der Waals surface area contributed by atoms with Crippen molar-refractivity contribution in [2.24, 2.45) is 0 Å². The normalized spacial score (nSPS) is 11.3. The highest BCUT2D eigenvalue weighted by Gasteiger charge is 2.15. The molecular formula is C22H24O3. The molecule has 0 amide bonds. The van der Waals surface area contributed by atoms with E-state index in [0.717, 1.165) is 27.8 Å². The van der Waals surface area contributed by atoms with Crippen LogP contribution in [0.4, 0.5) is 0 Å². The highest BCUT2D eigenvalue weighted by molar-refractivity contribution is 5.91. The molecule has 3 heteroatoms. The van der Waals surface area contributed by atoms with E-state index in [9.17, 15) is 4.79 Å². The Morgan fingerprint density at radius 2 is 1.76 bits per heavy atom. The molecule has 0 N–H and O–H groups in total. The maximum Gasteiger partial charge on any atom is 0.339 e. The van der Waals surface area contributed by atoms with Gasteiger partial charge in [-0.2, -0.15) is 0 Å². The Hall–Kier alpha value is -2.55. The van der Waals surface area contributed by atoms with Gasteiger partial charge >= 0.3 is 5.63 Å². The average molecular weight is 336 g/mol. The number of rotatable bonds is 4. The van der Waals surface area contributed by atoms with E-state index in [2.05, 4.69) is 38.1 Å². The number of benzene rings is 2. The Labute approximate surface area is 148 Å². The number of ether oxygens (including phenoxy) is 1. The van der Waals surface area contributed by atoms with Crippen molar-refractivity contribution >= 4 is 11.0 Å². The van der Waals surface area contributed by atoms with Gasteiger partial charge in [-0.25, -0.2) is 4.79 Å². The zero-order valence-electron chi connectivity index (χ0n) is 15.5. The molecule has 25 heavy (non-hydrogen) atoms. The molecular weight excluding hydrogens is 312 g/mol. The van der Waals surface area contributed by atoms with Crippen molar-refractivity contribution in [1.29, 1.82) is 0 Å². The van der Waals surface area contributed by atoms with Gasteiger partial charge in [-0.3, -0.25) is 0 Å². The maximum atomic E-state index is 12.2. The third-order valence-electron chi connectivity index (χ3n) is 4.83. The first-order valence-corrected chi connectivity index (χ1v) is 8.70. The number of aryl methyl sites for hydroxylation is 1. The molecule has 0 bridgehead atoms. The number of hydrogen-bond donors (Lipinski definition) is 0. The Kier molecular flexibility index (Phi) is 4.67. The third-order valence-corrected chi connectivity index (χ3v) is 4.83. The van der Waals surface area contributed by atoms with Crippen LogP contribution in [0.15, 0.2) is 45.6 Å². The Bertz CT molecular complexity index is 963. The Morgan fingerprint density at radius 1 is 1.08 bits per heavy atom. The fourth-order valence-electron chi connectivity index (χ4n) is 3.30. The van der Waals surface area contributed by atoms with Gasteiger partial charge in [0, 0.05) is 5.56 Å². The van der Waals surface area contributed by atoms with Gasteiger partial charge in [-0.15, -0.1) is 0 Å². The monoisotopic (exact) mass is 336 g/mol. The summed E-state index contributed by atoms with van der Waals surface area (Å²) in [6.45, 7) is 8.27. The molecule has 0 radical (unpaired) electrons. The second-order valence-corrected chi connectivity index (χ2v) is 6.67. The summed E-state index contributed by atoms with van der Waals surface area (Å²) in [7, 11) is 1.65. The summed E-state index contributed by atoms with van der Waals surface area (Å²) in [5.74, 6) is 1.23. The minimum atomic E-state index is -0.262. The Balaban J connectivity index is 2.23. The van der Waals surface area contributed by atoms with Crippen molar-refractivity contribution in [3.8, 4) is 16.9 Å². The molecule has 0 fully saturated rings. The van der Waals surface area contributed by atoms with Crippen molar-refractivity contribution in [3.05, 3.63) is 63.5 Å². The summed E-state index contributed by atoms with van der Waals surface area (Å²) in [5.41, 5.74) is 5.30. The lowest BCUT2D eigenvalue weighted by Crippen LogP contribution is -2.09. The number of fused-ring (bicyclic) bond motifs is 1. The fraction of sp³-hybridized carbons (Fsp3) is 0.318. The van der Waals surface area contributed by atoms with Gasteiger partial charge < -0.3 is 9.15 Å². The first-order valence-electron chi connectivity index (χ1n) is 8.70. The molecule has 0 aliphatic rings.